The van der Waals surface area contributed by atoms with E-state index < -0.39 is 5.41 Å². The zero-order valence-electron chi connectivity index (χ0n) is 20.8. The molecule has 0 saturated heterocycles. The lowest BCUT2D eigenvalue weighted by Gasteiger charge is -2.30. The molecule has 2 aliphatic rings. The third kappa shape index (κ3) is 2.62. The second-order valence-electron chi connectivity index (χ2n) is 10.4. The van der Waals surface area contributed by atoms with Crippen molar-refractivity contribution in [2.24, 2.45) is 0 Å². The van der Waals surface area contributed by atoms with E-state index in [-0.39, 0.29) is 0 Å². The van der Waals surface area contributed by atoms with Crippen LogP contribution in [-0.2, 0) is 5.41 Å². The first-order valence-corrected chi connectivity index (χ1v) is 13.9. The van der Waals surface area contributed by atoms with Crippen molar-refractivity contribution in [3.63, 3.8) is 0 Å². The fourth-order valence-electron chi connectivity index (χ4n) is 7.06. The van der Waals surface area contributed by atoms with E-state index >= 15 is 0 Å². The molecule has 2 heterocycles. The van der Waals surface area contributed by atoms with Crippen LogP contribution in [0.25, 0.3) is 50.1 Å². The molecule has 3 nitrogen and oxygen atoms in total. The van der Waals surface area contributed by atoms with Gasteiger partial charge in [-0.1, -0.05) is 107 Å². The van der Waals surface area contributed by atoms with Gasteiger partial charge in [0.1, 0.15) is 0 Å². The Kier molecular flexibility index (Phi) is 4.13. The van der Waals surface area contributed by atoms with Crippen molar-refractivity contribution in [3.8, 4) is 33.6 Å². The molecule has 39 heavy (non-hydrogen) atoms. The van der Waals surface area contributed by atoms with E-state index in [0.717, 1.165) is 32.3 Å². The summed E-state index contributed by atoms with van der Waals surface area (Å²) in [6.07, 6.45) is 2.09. The van der Waals surface area contributed by atoms with E-state index in [9.17, 15) is 0 Å². The minimum Gasteiger partial charge on any atom is -0.282 e. The quantitative estimate of drug-likeness (QED) is 0.200. The topological polar surface area (TPSA) is 30.2 Å². The Balaban J connectivity index is 1.38. The number of hydrogen-bond donors (Lipinski definition) is 0. The van der Waals surface area contributed by atoms with Crippen LogP contribution in [0, 0.1) is 0 Å². The Labute approximate surface area is 233 Å². The fraction of sp³-hybridized carbons (Fsp3) is 0.0286. The van der Waals surface area contributed by atoms with Crippen molar-refractivity contribution in [1.82, 2.24) is 14.6 Å². The Morgan fingerprint density at radius 2 is 1.21 bits per heavy atom. The number of aromatic nitrogens is 3. The summed E-state index contributed by atoms with van der Waals surface area (Å²) in [5.74, 6) is 0.852. The number of fused-ring (bicyclic) bond motifs is 13. The number of rotatable bonds is 1. The molecule has 4 heteroatoms. The number of pyridine rings is 1. The van der Waals surface area contributed by atoms with E-state index in [1.807, 2.05) is 0 Å². The summed E-state index contributed by atoms with van der Waals surface area (Å²) in [4.78, 5) is 0. The number of benzene rings is 5. The highest BCUT2D eigenvalue weighted by Gasteiger charge is 2.51. The smallest absolute Gasteiger partial charge is 0.168 e. The van der Waals surface area contributed by atoms with Gasteiger partial charge in [0, 0.05) is 21.6 Å². The molecular formula is C35H20BrN3. The molecule has 5 aromatic carbocycles. The van der Waals surface area contributed by atoms with Gasteiger partial charge < -0.3 is 0 Å². The monoisotopic (exact) mass is 561 g/mol. The maximum atomic E-state index is 4.71. The highest BCUT2D eigenvalue weighted by molar-refractivity contribution is 9.10. The van der Waals surface area contributed by atoms with Gasteiger partial charge in [0.2, 0.25) is 0 Å². The van der Waals surface area contributed by atoms with Crippen molar-refractivity contribution in [1.29, 1.82) is 0 Å². The van der Waals surface area contributed by atoms with E-state index in [1.165, 1.54) is 44.5 Å². The van der Waals surface area contributed by atoms with Crippen LogP contribution in [0.2, 0.25) is 0 Å². The molecule has 0 amide bonds. The molecule has 0 N–H and O–H groups in total. The molecule has 1 spiro atoms. The summed E-state index contributed by atoms with van der Waals surface area (Å²) in [5, 5.41) is 11.6. The molecule has 0 aliphatic heterocycles. The highest BCUT2D eigenvalue weighted by Crippen LogP contribution is 2.63. The molecule has 0 bridgehead atoms. The van der Waals surface area contributed by atoms with E-state index in [1.54, 1.807) is 0 Å². The summed E-state index contributed by atoms with van der Waals surface area (Å²) in [6.45, 7) is 0. The molecule has 2 aliphatic carbocycles. The van der Waals surface area contributed by atoms with Crippen LogP contribution in [0.4, 0.5) is 0 Å². The van der Waals surface area contributed by atoms with Crippen molar-refractivity contribution < 1.29 is 0 Å². The summed E-state index contributed by atoms with van der Waals surface area (Å²) in [5.41, 5.74) is 12.0. The summed E-state index contributed by atoms with van der Waals surface area (Å²) in [7, 11) is 0. The van der Waals surface area contributed by atoms with E-state index in [2.05, 4.69) is 147 Å². The van der Waals surface area contributed by atoms with E-state index in [4.69, 9.17) is 5.10 Å². The van der Waals surface area contributed by atoms with Gasteiger partial charge in [-0.3, -0.25) is 4.40 Å². The second-order valence-corrected chi connectivity index (χ2v) is 11.3. The molecule has 2 aromatic heterocycles. The highest BCUT2D eigenvalue weighted by atomic mass is 79.9. The summed E-state index contributed by atoms with van der Waals surface area (Å²) in [6, 6.07) is 41.8. The van der Waals surface area contributed by atoms with Crippen LogP contribution in [0.5, 0.6) is 0 Å². The van der Waals surface area contributed by atoms with Crippen LogP contribution >= 0.6 is 15.9 Å². The Morgan fingerprint density at radius 3 is 2.00 bits per heavy atom. The minimum absolute atomic E-state index is 0.398. The molecule has 9 rings (SSSR count). The summed E-state index contributed by atoms with van der Waals surface area (Å²) < 4.78 is 3.21. The first kappa shape index (κ1) is 21.4. The molecule has 0 unspecified atom stereocenters. The van der Waals surface area contributed by atoms with Gasteiger partial charge >= 0.3 is 0 Å². The van der Waals surface area contributed by atoms with Crippen LogP contribution in [0.15, 0.2) is 126 Å². The third-order valence-electron chi connectivity index (χ3n) is 8.61. The minimum atomic E-state index is -0.398. The van der Waals surface area contributed by atoms with Gasteiger partial charge in [0.05, 0.1) is 5.41 Å². The number of halogens is 1. The first-order chi connectivity index (χ1) is 19.2. The van der Waals surface area contributed by atoms with Crippen LogP contribution in [0.1, 0.15) is 22.3 Å². The maximum absolute atomic E-state index is 4.71. The Hall–Kier alpha value is -4.54. The van der Waals surface area contributed by atoms with Gasteiger partial charge in [-0.25, -0.2) is 0 Å². The number of nitrogens with zero attached hydrogens (tertiary/aromatic N) is 3. The van der Waals surface area contributed by atoms with E-state index in [0.29, 0.717) is 0 Å². The SMILES string of the molecule is Brc1ccc2c(c1)C1(c3ccccc3-c3ccccc31)c1cc(-c3nnc4c5ccccc5ccn34)ccc1-2. The molecule has 0 saturated carbocycles. The molecule has 0 fully saturated rings. The maximum Gasteiger partial charge on any atom is 0.168 e. The standard InChI is InChI=1S/C35H20BrN3/c36-23-14-16-28-27-15-13-22(33-37-38-34-24-8-2-1-7-21(24)17-18-39(33)34)19-31(27)35(32(28)20-23)29-11-5-3-9-25(29)26-10-4-6-12-30(26)35/h1-20H. The van der Waals surface area contributed by atoms with Crippen molar-refractivity contribution in [2.75, 3.05) is 0 Å². The van der Waals surface area contributed by atoms with Crippen molar-refractivity contribution in [3.05, 3.63) is 148 Å². The molecule has 7 aromatic rings. The first-order valence-electron chi connectivity index (χ1n) is 13.1. The van der Waals surface area contributed by atoms with Gasteiger partial charge in [-0.05, 0) is 74.2 Å². The normalized spacial score (nSPS) is 14.0. The van der Waals surface area contributed by atoms with Crippen LogP contribution in [-0.4, -0.2) is 14.6 Å². The van der Waals surface area contributed by atoms with Crippen LogP contribution < -0.4 is 0 Å². The van der Waals surface area contributed by atoms with Gasteiger partial charge in [-0.15, -0.1) is 10.2 Å². The average Bonchev–Trinajstić information content (AvgIpc) is 3.64. The van der Waals surface area contributed by atoms with Crippen molar-refractivity contribution in [2.45, 2.75) is 5.41 Å². The van der Waals surface area contributed by atoms with Crippen LogP contribution in [0.3, 0.4) is 0 Å². The van der Waals surface area contributed by atoms with Crippen molar-refractivity contribution >= 4 is 32.3 Å². The Morgan fingerprint density at radius 1 is 0.564 bits per heavy atom. The van der Waals surface area contributed by atoms with Gasteiger partial charge in [0.25, 0.3) is 0 Å². The lowest BCUT2D eigenvalue weighted by atomic mass is 9.70. The zero-order chi connectivity index (χ0) is 25.7. The second kappa shape index (κ2) is 7.52. The summed E-state index contributed by atoms with van der Waals surface area (Å²) >= 11 is 3.79. The predicted octanol–water partition coefficient (Wildman–Crippen LogP) is 8.66. The number of hydrogen-bond acceptors (Lipinski definition) is 2. The molecule has 0 radical (unpaired) electrons. The largest absolute Gasteiger partial charge is 0.282 e. The molecule has 182 valence electrons. The lowest BCUT2D eigenvalue weighted by molar-refractivity contribution is 0.793. The zero-order valence-corrected chi connectivity index (χ0v) is 22.4. The van der Waals surface area contributed by atoms with Gasteiger partial charge in [-0.2, -0.15) is 0 Å². The van der Waals surface area contributed by atoms with Gasteiger partial charge in [0.15, 0.2) is 11.5 Å². The molecular weight excluding hydrogens is 542 g/mol. The Bertz CT molecular complexity index is 2110. The third-order valence-corrected chi connectivity index (χ3v) is 9.10. The fourth-order valence-corrected chi connectivity index (χ4v) is 7.43. The molecule has 0 atom stereocenters. The average molecular weight is 562 g/mol. The predicted molar refractivity (Wildman–Crippen MR) is 160 cm³/mol. The lowest BCUT2D eigenvalue weighted by Crippen LogP contribution is -2.26.